The van der Waals surface area contributed by atoms with Crippen LogP contribution in [0.3, 0.4) is 0 Å². The normalized spacial score (nSPS) is 21.4. The molecule has 0 aromatic heterocycles. The van der Waals surface area contributed by atoms with Crippen LogP contribution < -0.4 is 11.1 Å². The Morgan fingerprint density at radius 2 is 2.38 bits per heavy atom. The van der Waals surface area contributed by atoms with Crippen molar-refractivity contribution >= 4 is 40.6 Å². The van der Waals surface area contributed by atoms with Crippen molar-refractivity contribution < 1.29 is 9.53 Å². The van der Waals surface area contributed by atoms with Gasteiger partial charge in [0.25, 0.3) is 0 Å². The summed E-state index contributed by atoms with van der Waals surface area (Å²) in [6.07, 6.45) is 2.82. The third kappa shape index (κ3) is 5.09. The van der Waals surface area contributed by atoms with Gasteiger partial charge in [-0.15, -0.1) is 0 Å². The third-order valence-electron chi connectivity index (χ3n) is 3.47. The molecule has 1 aliphatic rings. The summed E-state index contributed by atoms with van der Waals surface area (Å²) in [7, 11) is 0. The first-order valence-electron chi connectivity index (χ1n) is 7.14. The molecule has 1 aromatic carbocycles. The second-order valence-electron chi connectivity index (χ2n) is 5.16. The first-order valence-corrected chi connectivity index (χ1v) is 8.57. The smallest absolute Gasteiger partial charge is 0.224 e. The Morgan fingerprint density at radius 1 is 1.57 bits per heavy atom. The summed E-state index contributed by atoms with van der Waals surface area (Å²) in [6.45, 7) is 2.97. The van der Waals surface area contributed by atoms with Gasteiger partial charge in [0.1, 0.15) is 0 Å². The highest BCUT2D eigenvalue weighted by molar-refractivity contribution is 7.99. The van der Waals surface area contributed by atoms with E-state index >= 15 is 0 Å². The van der Waals surface area contributed by atoms with Gasteiger partial charge in [-0.3, -0.25) is 4.79 Å². The average molecular weight is 329 g/mol. The van der Waals surface area contributed by atoms with Crippen LogP contribution in [0.5, 0.6) is 0 Å². The Labute approximate surface area is 134 Å². The maximum absolute atomic E-state index is 11.9. The molecular formula is C15H21ClN2O2S. The van der Waals surface area contributed by atoms with Crippen LogP contribution in [0.15, 0.2) is 18.2 Å². The number of amides is 1. The molecule has 21 heavy (non-hydrogen) atoms. The molecule has 1 amide bonds. The van der Waals surface area contributed by atoms with E-state index in [4.69, 9.17) is 22.1 Å². The molecule has 1 aliphatic heterocycles. The van der Waals surface area contributed by atoms with Gasteiger partial charge in [0, 0.05) is 24.0 Å². The van der Waals surface area contributed by atoms with Crippen LogP contribution in [0, 0.1) is 0 Å². The maximum atomic E-state index is 11.9. The maximum Gasteiger partial charge on any atom is 0.224 e. The van der Waals surface area contributed by atoms with E-state index in [2.05, 4.69) is 12.2 Å². The van der Waals surface area contributed by atoms with Crippen LogP contribution >= 0.6 is 23.4 Å². The molecule has 0 aliphatic carbocycles. The zero-order valence-corrected chi connectivity index (χ0v) is 13.7. The van der Waals surface area contributed by atoms with E-state index in [1.807, 2.05) is 11.8 Å². The fraction of sp³-hybridized carbons (Fsp3) is 0.533. The lowest BCUT2D eigenvalue weighted by Crippen LogP contribution is -2.15. The van der Waals surface area contributed by atoms with Crippen LogP contribution in [-0.2, 0) is 9.53 Å². The molecular weight excluding hydrogens is 308 g/mol. The van der Waals surface area contributed by atoms with Crippen molar-refractivity contribution in [2.24, 2.45) is 0 Å². The van der Waals surface area contributed by atoms with Crippen molar-refractivity contribution in [2.45, 2.75) is 37.5 Å². The van der Waals surface area contributed by atoms with E-state index in [9.17, 15) is 4.79 Å². The highest BCUT2D eigenvalue weighted by Gasteiger charge is 2.24. The second kappa shape index (κ2) is 7.92. The van der Waals surface area contributed by atoms with Crippen molar-refractivity contribution in [3.8, 4) is 0 Å². The average Bonchev–Trinajstić information content (AvgIpc) is 2.85. The fourth-order valence-corrected chi connectivity index (χ4v) is 3.59. The highest BCUT2D eigenvalue weighted by atomic mass is 35.5. The van der Waals surface area contributed by atoms with Crippen molar-refractivity contribution in [3.63, 3.8) is 0 Å². The lowest BCUT2D eigenvalue weighted by Gasteiger charge is -2.13. The number of carbonyl (C=O) groups is 1. The standard InChI is InChI=1S/C15H21ClN2O2S/c1-10-14(6-7-20-10)21-8-2-3-15(19)18-11-4-5-12(16)13(17)9-11/h4-5,9-10,14H,2-3,6-8,17H2,1H3,(H,18,19). The molecule has 0 radical (unpaired) electrons. The summed E-state index contributed by atoms with van der Waals surface area (Å²) >= 11 is 7.75. The molecule has 1 fully saturated rings. The molecule has 2 unspecified atom stereocenters. The van der Waals surface area contributed by atoms with Crippen molar-refractivity contribution in [3.05, 3.63) is 23.2 Å². The monoisotopic (exact) mass is 328 g/mol. The van der Waals surface area contributed by atoms with E-state index < -0.39 is 0 Å². The number of benzene rings is 1. The lowest BCUT2D eigenvalue weighted by atomic mass is 10.2. The SMILES string of the molecule is CC1OCCC1SCCCC(=O)Nc1ccc(Cl)c(N)c1. The van der Waals surface area contributed by atoms with Gasteiger partial charge in [-0.1, -0.05) is 11.6 Å². The van der Waals surface area contributed by atoms with Gasteiger partial charge in [-0.2, -0.15) is 11.8 Å². The van der Waals surface area contributed by atoms with Crippen molar-refractivity contribution in [1.82, 2.24) is 0 Å². The number of hydrogen-bond acceptors (Lipinski definition) is 4. The van der Waals surface area contributed by atoms with Crippen molar-refractivity contribution in [1.29, 1.82) is 0 Å². The van der Waals surface area contributed by atoms with E-state index in [0.717, 1.165) is 25.2 Å². The number of nitrogen functional groups attached to an aromatic ring is 1. The van der Waals surface area contributed by atoms with E-state index in [1.165, 1.54) is 0 Å². The van der Waals surface area contributed by atoms with Gasteiger partial charge in [0.15, 0.2) is 0 Å². The molecule has 3 N–H and O–H groups in total. The molecule has 1 heterocycles. The minimum absolute atomic E-state index is 0.00745. The molecule has 116 valence electrons. The molecule has 2 atom stereocenters. The quantitative estimate of drug-likeness (QED) is 0.619. The second-order valence-corrected chi connectivity index (χ2v) is 6.92. The summed E-state index contributed by atoms with van der Waals surface area (Å²) in [4.78, 5) is 11.9. The van der Waals surface area contributed by atoms with E-state index in [1.54, 1.807) is 18.2 Å². The number of rotatable bonds is 6. The molecule has 2 rings (SSSR count). The number of thioether (sulfide) groups is 1. The van der Waals surface area contributed by atoms with E-state index in [-0.39, 0.29) is 5.91 Å². The van der Waals surface area contributed by atoms with Gasteiger partial charge < -0.3 is 15.8 Å². The minimum atomic E-state index is 0.00745. The summed E-state index contributed by atoms with van der Waals surface area (Å²) in [6, 6.07) is 5.11. The Bertz CT molecular complexity index is 499. The third-order valence-corrected chi connectivity index (χ3v) is 5.38. The molecule has 0 bridgehead atoms. The summed E-state index contributed by atoms with van der Waals surface area (Å²) < 4.78 is 5.52. The summed E-state index contributed by atoms with van der Waals surface area (Å²) in [5, 5.41) is 3.91. The molecule has 6 heteroatoms. The van der Waals surface area contributed by atoms with E-state index in [0.29, 0.717) is 34.2 Å². The largest absolute Gasteiger partial charge is 0.397 e. The lowest BCUT2D eigenvalue weighted by molar-refractivity contribution is -0.116. The molecule has 1 saturated heterocycles. The predicted octanol–water partition coefficient (Wildman–Crippen LogP) is 3.55. The van der Waals surface area contributed by atoms with Crippen LogP contribution in [0.25, 0.3) is 0 Å². The number of hydrogen-bond donors (Lipinski definition) is 2. The topological polar surface area (TPSA) is 64.3 Å². The Kier molecular flexibility index (Phi) is 6.21. The van der Waals surface area contributed by atoms with Gasteiger partial charge in [-0.05, 0) is 43.7 Å². The number of anilines is 2. The predicted molar refractivity (Wildman–Crippen MR) is 90.0 cm³/mol. The molecule has 1 aromatic rings. The summed E-state index contributed by atoms with van der Waals surface area (Å²) in [5.41, 5.74) is 6.86. The van der Waals surface area contributed by atoms with Gasteiger partial charge in [0.05, 0.1) is 16.8 Å². The molecule has 0 spiro atoms. The number of nitrogens with two attached hydrogens (primary N) is 1. The van der Waals surface area contributed by atoms with Gasteiger partial charge in [-0.25, -0.2) is 0 Å². The number of halogens is 1. The Hall–Kier alpha value is -0.910. The molecule has 4 nitrogen and oxygen atoms in total. The van der Waals surface area contributed by atoms with Crippen molar-refractivity contribution in [2.75, 3.05) is 23.4 Å². The zero-order chi connectivity index (χ0) is 15.2. The van der Waals surface area contributed by atoms with Crippen LogP contribution in [-0.4, -0.2) is 29.6 Å². The fourth-order valence-electron chi connectivity index (χ4n) is 2.24. The van der Waals surface area contributed by atoms with Gasteiger partial charge in [0.2, 0.25) is 5.91 Å². The minimum Gasteiger partial charge on any atom is -0.397 e. The zero-order valence-electron chi connectivity index (χ0n) is 12.1. The van der Waals surface area contributed by atoms with Crippen LogP contribution in [0.1, 0.15) is 26.2 Å². The van der Waals surface area contributed by atoms with Crippen LogP contribution in [0.2, 0.25) is 5.02 Å². The number of nitrogens with one attached hydrogen (secondary N) is 1. The number of ether oxygens (including phenoxy) is 1. The Morgan fingerprint density at radius 3 is 3.05 bits per heavy atom. The first kappa shape index (κ1) is 16.5. The Balaban J connectivity index is 1.66. The first-order chi connectivity index (χ1) is 10.1. The summed E-state index contributed by atoms with van der Waals surface area (Å²) in [5.74, 6) is 0.988. The molecule has 0 saturated carbocycles. The number of carbonyl (C=O) groups excluding carboxylic acids is 1. The highest BCUT2D eigenvalue weighted by Crippen LogP contribution is 2.27. The van der Waals surface area contributed by atoms with Gasteiger partial charge >= 0.3 is 0 Å². The van der Waals surface area contributed by atoms with Crippen LogP contribution in [0.4, 0.5) is 11.4 Å².